The second-order valence-electron chi connectivity index (χ2n) is 6.89. The predicted octanol–water partition coefficient (Wildman–Crippen LogP) is 4.01. The Bertz CT molecular complexity index is 877. The first-order valence-corrected chi connectivity index (χ1v) is 9.11. The third kappa shape index (κ3) is 4.49. The number of rotatable bonds is 2. The topological polar surface area (TPSA) is 62.5 Å². The number of hydrogen-bond acceptors (Lipinski definition) is 3. The summed E-state index contributed by atoms with van der Waals surface area (Å²) in [7, 11) is 0. The van der Waals surface area contributed by atoms with Crippen molar-refractivity contribution in [2.45, 2.75) is 51.2 Å². The lowest BCUT2D eigenvalue weighted by atomic mass is 9.82. The fourth-order valence-electron chi connectivity index (χ4n) is 3.36. The second kappa shape index (κ2) is 7.57. The Labute approximate surface area is 158 Å². The van der Waals surface area contributed by atoms with Gasteiger partial charge in [0.05, 0.1) is 5.56 Å². The van der Waals surface area contributed by atoms with Crippen molar-refractivity contribution in [1.29, 1.82) is 0 Å². The highest BCUT2D eigenvalue weighted by molar-refractivity contribution is 6.30. The van der Waals surface area contributed by atoms with Crippen molar-refractivity contribution in [2.75, 3.05) is 0 Å². The van der Waals surface area contributed by atoms with Crippen LogP contribution in [0.3, 0.4) is 0 Å². The van der Waals surface area contributed by atoms with Crippen LogP contribution in [0.1, 0.15) is 53.1 Å². The molecule has 4 nitrogen and oxygen atoms in total. The second-order valence-corrected chi connectivity index (χ2v) is 7.32. The molecule has 136 valence electrons. The zero-order valence-corrected chi connectivity index (χ0v) is 15.7. The number of hydrogen-bond donors (Lipinski definition) is 2. The summed E-state index contributed by atoms with van der Waals surface area (Å²) < 4.78 is 5.42. The lowest BCUT2D eigenvalue weighted by Crippen LogP contribution is -2.45. The van der Waals surface area contributed by atoms with Gasteiger partial charge in [0.15, 0.2) is 0 Å². The molecule has 1 aromatic carbocycles. The molecule has 0 radical (unpaired) electrons. The molecule has 2 N–H and O–H groups in total. The van der Waals surface area contributed by atoms with Gasteiger partial charge in [-0.2, -0.15) is 0 Å². The SMILES string of the molecule is Cc1cc(C(=O)N[C@@H]2CCCC(O)(C#Cc3cccc(Cl)c3)C2)c(C)o1. The summed E-state index contributed by atoms with van der Waals surface area (Å²) in [5.74, 6) is 7.12. The Morgan fingerprint density at radius 1 is 1.38 bits per heavy atom. The molecule has 1 unspecified atom stereocenters. The Hall–Kier alpha value is -2.22. The van der Waals surface area contributed by atoms with E-state index in [1.165, 1.54) is 0 Å². The molecular formula is C21H22ClNO3. The number of carbonyl (C=O) groups excluding carboxylic acids is 1. The zero-order valence-electron chi connectivity index (χ0n) is 14.9. The van der Waals surface area contributed by atoms with Crippen molar-refractivity contribution in [3.05, 3.63) is 58.0 Å². The summed E-state index contributed by atoms with van der Waals surface area (Å²) in [6, 6.07) is 8.85. The summed E-state index contributed by atoms with van der Waals surface area (Å²) in [4.78, 5) is 12.5. The number of furan rings is 1. The van der Waals surface area contributed by atoms with Crippen LogP contribution in [0.2, 0.25) is 5.02 Å². The summed E-state index contributed by atoms with van der Waals surface area (Å²) in [5.41, 5.74) is 0.197. The first-order valence-electron chi connectivity index (χ1n) is 8.74. The number of benzene rings is 1. The van der Waals surface area contributed by atoms with E-state index in [4.69, 9.17) is 16.0 Å². The molecule has 0 spiro atoms. The third-order valence-electron chi connectivity index (χ3n) is 4.61. The van der Waals surface area contributed by atoms with Crippen LogP contribution in [-0.4, -0.2) is 22.7 Å². The molecule has 0 aliphatic heterocycles. The number of carbonyl (C=O) groups is 1. The summed E-state index contributed by atoms with van der Waals surface area (Å²) in [6.45, 7) is 3.59. The monoisotopic (exact) mass is 371 g/mol. The third-order valence-corrected chi connectivity index (χ3v) is 4.85. The first kappa shape index (κ1) is 18.6. The van der Waals surface area contributed by atoms with Crippen LogP contribution in [0.5, 0.6) is 0 Å². The van der Waals surface area contributed by atoms with E-state index >= 15 is 0 Å². The van der Waals surface area contributed by atoms with Crippen LogP contribution >= 0.6 is 11.6 Å². The minimum absolute atomic E-state index is 0.121. The van der Waals surface area contributed by atoms with Crippen molar-refractivity contribution in [2.24, 2.45) is 0 Å². The minimum Gasteiger partial charge on any atom is -0.466 e. The van der Waals surface area contributed by atoms with Crippen LogP contribution in [0.4, 0.5) is 0 Å². The Morgan fingerprint density at radius 3 is 2.88 bits per heavy atom. The highest BCUT2D eigenvalue weighted by Crippen LogP contribution is 2.28. The van der Waals surface area contributed by atoms with E-state index < -0.39 is 5.60 Å². The molecule has 2 aromatic rings. The fraction of sp³-hybridized carbons (Fsp3) is 0.381. The minimum atomic E-state index is -1.11. The maximum absolute atomic E-state index is 12.5. The number of amides is 1. The Balaban J connectivity index is 1.69. The Kier molecular flexibility index (Phi) is 5.41. The van der Waals surface area contributed by atoms with Gasteiger partial charge in [0.1, 0.15) is 17.1 Å². The maximum atomic E-state index is 12.5. The normalized spacial score (nSPS) is 22.4. The molecule has 1 aromatic heterocycles. The summed E-state index contributed by atoms with van der Waals surface area (Å²) in [5, 5.41) is 14.5. The van der Waals surface area contributed by atoms with E-state index in [-0.39, 0.29) is 11.9 Å². The molecular weight excluding hydrogens is 350 g/mol. The maximum Gasteiger partial charge on any atom is 0.255 e. The van der Waals surface area contributed by atoms with Gasteiger partial charge in [0.25, 0.3) is 5.91 Å². The van der Waals surface area contributed by atoms with Gasteiger partial charge in [0, 0.05) is 23.0 Å². The van der Waals surface area contributed by atoms with E-state index in [9.17, 15) is 9.90 Å². The fourth-order valence-corrected chi connectivity index (χ4v) is 3.55. The van der Waals surface area contributed by atoms with Gasteiger partial charge in [-0.15, -0.1) is 0 Å². The van der Waals surface area contributed by atoms with E-state index in [0.29, 0.717) is 34.9 Å². The van der Waals surface area contributed by atoms with Crippen LogP contribution in [-0.2, 0) is 0 Å². The van der Waals surface area contributed by atoms with Crippen molar-refractivity contribution < 1.29 is 14.3 Å². The molecule has 1 heterocycles. The molecule has 1 saturated carbocycles. The number of nitrogens with one attached hydrogen (secondary N) is 1. The van der Waals surface area contributed by atoms with Gasteiger partial charge in [-0.05, 0) is 57.4 Å². The average molecular weight is 372 g/mol. The zero-order chi connectivity index (χ0) is 18.7. The van der Waals surface area contributed by atoms with Gasteiger partial charge in [0.2, 0.25) is 0 Å². The molecule has 26 heavy (non-hydrogen) atoms. The van der Waals surface area contributed by atoms with E-state index in [1.54, 1.807) is 25.1 Å². The number of halogens is 1. The highest BCUT2D eigenvalue weighted by atomic mass is 35.5. The molecule has 1 fully saturated rings. The van der Waals surface area contributed by atoms with Gasteiger partial charge in [-0.25, -0.2) is 0 Å². The van der Waals surface area contributed by atoms with Gasteiger partial charge in [-0.1, -0.05) is 29.5 Å². The molecule has 3 rings (SSSR count). The van der Waals surface area contributed by atoms with Crippen LogP contribution in [0, 0.1) is 25.7 Å². The van der Waals surface area contributed by atoms with Gasteiger partial charge >= 0.3 is 0 Å². The summed E-state index contributed by atoms with van der Waals surface area (Å²) in [6.07, 6.45) is 2.62. The van der Waals surface area contributed by atoms with Crippen molar-refractivity contribution in [3.63, 3.8) is 0 Å². The van der Waals surface area contributed by atoms with E-state index in [2.05, 4.69) is 17.2 Å². The first-order chi connectivity index (χ1) is 12.3. The standard InChI is InChI=1S/C21H22ClNO3/c1-14-11-19(15(2)26-14)20(24)23-18-7-4-9-21(25,13-18)10-8-16-5-3-6-17(22)12-16/h3,5-6,11-12,18,25H,4,7,9,13H2,1-2H3,(H,23,24)/t18-,21?/m1/s1. The Morgan fingerprint density at radius 2 is 2.19 bits per heavy atom. The molecule has 2 atom stereocenters. The van der Waals surface area contributed by atoms with Crippen LogP contribution < -0.4 is 5.32 Å². The van der Waals surface area contributed by atoms with Crippen LogP contribution in [0.25, 0.3) is 0 Å². The van der Waals surface area contributed by atoms with Gasteiger partial charge < -0.3 is 14.8 Å². The van der Waals surface area contributed by atoms with Crippen LogP contribution in [0.15, 0.2) is 34.7 Å². The lowest BCUT2D eigenvalue weighted by molar-refractivity contribution is 0.0452. The average Bonchev–Trinajstić information content (AvgIpc) is 2.92. The molecule has 0 bridgehead atoms. The molecule has 1 aliphatic rings. The number of aryl methyl sites for hydroxylation is 2. The van der Waals surface area contributed by atoms with E-state index in [0.717, 1.165) is 18.4 Å². The lowest BCUT2D eigenvalue weighted by Gasteiger charge is -2.33. The molecule has 1 aliphatic carbocycles. The quantitative estimate of drug-likeness (QED) is 0.784. The van der Waals surface area contributed by atoms with Gasteiger partial charge in [-0.3, -0.25) is 4.79 Å². The predicted molar refractivity (Wildman–Crippen MR) is 101 cm³/mol. The smallest absolute Gasteiger partial charge is 0.255 e. The molecule has 1 amide bonds. The summed E-state index contributed by atoms with van der Waals surface area (Å²) >= 11 is 5.97. The van der Waals surface area contributed by atoms with E-state index in [1.807, 2.05) is 19.1 Å². The van der Waals surface area contributed by atoms with Crippen molar-refractivity contribution in [3.8, 4) is 11.8 Å². The van der Waals surface area contributed by atoms with Crippen molar-refractivity contribution in [1.82, 2.24) is 5.32 Å². The number of aliphatic hydroxyl groups is 1. The molecule has 0 saturated heterocycles. The molecule has 5 heteroatoms. The van der Waals surface area contributed by atoms with Crippen molar-refractivity contribution >= 4 is 17.5 Å². The largest absolute Gasteiger partial charge is 0.466 e. The highest BCUT2D eigenvalue weighted by Gasteiger charge is 2.34.